The molecule has 2 aliphatic heterocycles. The van der Waals surface area contributed by atoms with Crippen LogP contribution in [0.3, 0.4) is 0 Å². The topological polar surface area (TPSA) is 26.8 Å². The van der Waals surface area contributed by atoms with Gasteiger partial charge in [-0.1, -0.05) is 30.3 Å². The second kappa shape index (κ2) is 9.21. The molecule has 0 N–H and O–H groups in total. The summed E-state index contributed by atoms with van der Waals surface area (Å²) in [4.78, 5) is 19.0. The molecule has 0 aromatic heterocycles. The third kappa shape index (κ3) is 4.64. The molecule has 4 nitrogen and oxygen atoms in total. The summed E-state index contributed by atoms with van der Waals surface area (Å²) in [5, 5.41) is 0. The Morgan fingerprint density at radius 3 is 2.61 bits per heavy atom. The van der Waals surface area contributed by atoms with Gasteiger partial charge < -0.3 is 14.7 Å². The lowest BCUT2D eigenvalue weighted by Gasteiger charge is -2.40. The molecular weight excluding hydrogens is 427 g/mol. The number of halogens is 3. The maximum atomic E-state index is 14.6. The number of likely N-dealkylation sites (tertiary alicyclic amines) is 1. The number of benzene rings is 2. The summed E-state index contributed by atoms with van der Waals surface area (Å²) in [7, 11) is 3.59. The molecule has 176 valence electrons. The van der Waals surface area contributed by atoms with E-state index in [2.05, 4.69) is 0 Å². The van der Waals surface area contributed by atoms with Crippen molar-refractivity contribution in [3.8, 4) is 0 Å². The van der Waals surface area contributed by atoms with Gasteiger partial charge in [-0.3, -0.25) is 0 Å². The van der Waals surface area contributed by atoms with Gasteiger partial charge in [-0.25, -0.2) is 18.0 Å². The predicted molar refractivity (Wildman–Crippen MR) is 123 cm³/mol. The molecule has 2 unspecified atom stereocenters. The van der Waals surface area contributed by atoms with Crippen LogP contribution in [0.15, 0.2) is 54.6 Å². The number of hydrogen-bond donors (Lipinski definition) is 0. The third-order valence-electron chi connectivity index (χ3n) is 6.94. The van der Waals surface area contributed by atoms with Crippen LogP contribution in [0, 0.1) is 11.6 Å². The molecule has 0 bridgehead atoms. The average Bonchev–Trinajstić information content (AvgIpc) is 3.06. The van der Waals surface area contributed by atoms with Crippen LogP contribution in [0.2, 0.25) is 0 Å². The number of hydrogen-bond acceptors (Lipinski definition) is 2. The summed E-state index contributed by atoms with van der Waals surface area (Å²) in [6, 6.07) is 12.3. The van der Waals surface area contributed by atoms with Crippen LogP contribution >= 0.6 is 0 Å². The van der Waals surface area contributed by atoms with Crippen LogP contribution in [-0.4, -0.2) is 66.7 Å². The first-order valence-corrected chi connectivity index (χ1v) is 11.3. The fourth-order valence-corrected chi connectivity index (χ4v) is 4.97. The molecule has 1 saturated heterocycles. The lowest BCUT2D eigenvalue weighted by molar-refractivity contribution is 0.114. The normalized spacial score (nSPS) is 26.1. The maximum absolute atomic E-state index is 14.6. The molecule has 2 heterocycles. The number of urea groups is 1. The molecule has 7 heteroatoms. The first-order chi connectivity index (χ1) is 15.7. The highest BCUT2D eigenvalue weighted by Crippen LogP contribution is 2.41. The van der Waals surface area contributed by atoms with Crippen LogP contribution < -0.4 is 0 Å². The van der Waals surface area contributed by atoms with Crippen LogP contribution in [0.25, 0.3) is 5.57 Å². The fraction of sp³-hybridized carbons (Fsp3) is 0.423. The van der Waals surface area contributed by atoms with Crippen LogP contribution in [-0.2, 0) is 5.54 Å². The monoisotopic (exact) mass is 457 g/mol. The molecule has 2 aliphatic rings. The minimum absolute atomic E-state index is 0.126. The Balaban J connectivity index is 1.69. The summed E-state index contributed by atoms with van der Waals surface area (Å²) in [6.45, 7) is 3.09. The fourth-order valence-electron chi connectivity index (χ4n) is 4.97. The Morgan fingerprint density at radius 1 is 1.15 bits per heavy atom. The predicted octanol–water partition coefficient (Wildman–Crippen LogP) is 5.06. The van der Waals surface area contributed by atoms with Gasteiger partial charge in [0.15, 0.2) is 0 Å². The van der Waals surface area contributed by atoms with Crippen molar-refractivity contribution >= 4 is 11.6 Å². The molecule has 2 amide bonds. The van der Waals surface area contributed by atoms with E-state index in [0.717, 1.165) is 17.7 Å². The van der Waals surface area contributed by atoms with Gasteiger partial charge in [-0.2, -0.15) is 0 Å². The van der Waals surface area contributed by atoms with E-state index in [9.17, 15) is 18.0 Å². The number of amides is 2. The van der Waals surface area contributed by atoms with Crippen LogP contribution in [0.5, 0.6) is 0 Å². The minimum atomic E-state index is -1.01. The highest BCUT2D eigenvalue weighted by molar-refractivity contribution is 5.83. The Morgan fingerprint density at radius 2 is 1.88 bits per heavy atom. The second-order valence-corrected chi connectivity index (χ2v) is 9.32. The molecular formula is C26H30F3N3O. The Hall–Kier alpha value is -2.80. The van der Waals surface area contributed by atoms with E-state index in [4.69, 9.17) is 0 Å². The lowest BCUT2D eigenvalue weighted by atomic mass is 9.90. The summed E-state index contributed by atoms with van der Waals surface area (Å²) < 4.78 is 43.0. The summed E-state index contributed by atoms with van der Waals surface area (Å²) in [5.74, 6) is -1.07. The van der Waals surface area contributed by atoms with E-state index < -0.39 is 23.3 Å². The number of alkyl halides is 1. The SMILES string of the molecule is CN1CCC(N(C)C(=O)N2CC(c3cc(F)ccc3F)=C[C@@]2(C)c2ccccc2)CC(F)C1. The van der Waals surface area contributed by atoms with Gasteiger partial charge in [-0.05, 0) is 62.3 Å². The first kappa shape index (κ1) is 23.4. The zero-order valence-corrected chi connectivity index (χ0v) is 19.3. The first-order valence-electron chi connectivity index (χ1n) is 11.3. The van der Waals surface area contributed by atoms with Gasteiger partial charge in [0.2, 0.25) is 0 Å². The van der Waals surface area contributed by atoms with Gasteiger partial charge in [0.05, 0.1) is 5.54 Å². The van der Waals surface area contributed by atoms with E-state index in [1.165, 1.54) is 6.07 Å². The molecule has 0 radical (unpaired) electrons. The quantitative estimate of drug-likeness (QED) is 0.644. The van der Waals surface area contributed by atoms with Crippen molar-refractivity contribution in [2.75, 3.05) is 33.7 Å². The Bertz CT molecular complexity index is 1040. The van der Waals surface area contributed by atoms with Gasteiger partial charge >= 0.3 is 6.03 Å². The van der Waals surface area contributed by atoms with Gasteiger partial charge in [-0.15, -0.1) is 0 Å². The van der Waals surface area contributed by atoms with E-state index >= 15 is 0 Å². The molecule has 2 aromatic rings. The Labute approximate surface area is 193 Å². The van der Waals surface area contributed by atoms with Crippen molar-refractivity contribution in [1.29, 1.82) is 0 Å². The largest absolute Gasteiger partial charge is 0.325 e. The lowest BCUT2D eigenvalue weighted by Crippen LogP contribution is -2.52. The number of carbonyl (C=O) groups excluding carboxylic acids is 1. The van der Waals surface area contributed by atoms with Gasteiger partial charge in [0.1, 0.15) is 17.8 Å². The molecule has 0 saturated carbocycles. The van der Waals surface area contributed by atoms with E-state index in [0.29, 0.717) is 25.1 Å². The molecule has 1 fully saturated rings. The average molecular weight is 458 g/mol. The van der Waals surface area contributed by atoms with Crippen LogP contribution in [0.1, 0.15) is 30.9 Å². The number of nitrogens with zero attached hydrogens (tertiary/aromatic N) is 3. The molecule has 33 heavy (non-hydrogen) atoms. The Kier molecular flexibility index (Phi) is 6.52. The highest BCUT2D eigenvalue weighted by atomic mass is 19.1. The molecule has 2 aromatic carbocycles. The van der Waals surface area contributed by atoms with Gasteiger partial charge in [0.25, 0.3) is 0 Å². The van der Waals surface area contributed by atoms with Crippen LogP contribution in [0.4, 0.5) is 18.0 Å². The van der Waals surface area contributed by atoms with Crippen molar-refractivity contribution in [3.05, 3.63) is 77.4 Å². The van der Waals surface area contributed by atoms with Crippen molar-refractivity contribution in [2.45, 2.75) is 37.5 Å². The second-order valence-electron chi connectivity index (χ2n) is 9.32. The molecule has 0 spiro atoms. The highest BCUT2D eigenvalue weighted by Gasteiger charge is 2.43. The van der Waals surface area contributed by atoms with Crippen molar-refractivity contribution in [1.82, 2.24) is 14.7 Å². The van der Waals surface area contributed by atoms with Crippen molar-refractivity contribution in [2.24, 2.45) is 0 Å². The van der Waals surface area contributed by atoms with Crippen molar-refractivity contribution in [3.63, 3.8) is 0 Å². The molecule has 0 aliphatic carbocycles. The van der Waals surface area contributed by atoms with E-state index in [1.807, 2.05) is 55.3 Å². The maximum Gasteiger partial charge on any atom is 0.321 e. The molecule has 4 rings (SSSR count). The summed E-state index contributed by atoms with van der Waals surface area (Å²) in [6.07, 6.45) is 1.78. The third-order valence-corrected chi connectivity index (χ3v) is 6.94. The summed E-state index contributed by atoms with van der Waals surface area (Å²) in [5.41, 5.74) is 0.693. The smallest absolute Gasteiger partial charge is 0.321 e. The number of rotatable bonds is 3. The van der Waals surface area contributed by atoms with Gasteiger partial charge in [0, 0.05) is 38.2 Å². The standard InChI is InChI=1S/C26H30F3N3O/c1-26(19-7-5-4-6-8-19)15-18(23-14-20(27)9-10-24(23)29)16-32(26)25(33)31(3)22-11-12-30(2)17-21(28)13-22/h4-10,14-15,21-22H,11-13,16-17H2,1-3H3/t21?,22?,26-/m0/s1. The van der Waals surface area contributed by atoms with E-state index in [1.54, 1.807) is 16.8 Å². The molecule has 3 atom stereocenters. The van der Waals surface area contributed by atoms with E-state index in [-0.39, 0.29) is 30.6 Å². The minimum Gasteiger partial charge on any atom is -0.325 e. The zero-order chi connectivity index (χ0) is 23.8. The van der Waals surface area contributed by atoms with Crippen molar-refractivity contribution < 1.29 is 18.0 Å². The zero-order valence-electron chi connectivity index (χ0n) is 19.3. The number of carbonyl (C=O) groups is 1. The summed E-state index contributed by atoms with van der Waals surface area (Å²) >= 11 is 0.